The number of hydrogen-bond acceptors (Lipinski definition) is 0. The topological polar surface area (TPSA) is 0 Å². The van der Waals surface area contributed by atoms with Crippen LogP contribution in [0.2, 0.25) is 0 Å². The Labute approximate surface area is 204 Å². The summed E-state index contributed by atoms with van der Waals surface area (Å²) < 4.78 is 0. The normalized spacial score (nSPS) is 13.0. The minimum atomic E-state index is 0.185. The standard InChI is InChI=1S/C35H22/c1-5-13-26-22(9-1)17-19-30-33(26)34-27-14-6-2-10-23(27)18-20-31(34)35(30)32-28-15-7-3-11-24(28)21-25-12-4-8-16-29(25)32/h1-21,35H. The molecule has 0 unspecified atom stereocenters. The van der Waals surface area contributed by atoms with E-state index >= 15 is 0 Å². The zero-order chi connectivity index (χ0) is 22.9. The van der Waals surface area contributed by atoms with Crippen LogP contribution in [0.4, 0.5) is 0 Å². The van der Waals surface area contributed by atoms with Gasteiger partial charge in [0.15, 0.2) is 0 Å². The maximum atomic E-state index is 2.38. The maximum Gasteiger partial charge on any atom is 0.0365 e. The van der Waals surface area contributed by atoms with E-state index in [0.717, 1.165) is 0 Å². The van der Waals surface area contributed by atoms with Crippen molar-refractivity contribution >= 4 is 43.1 Å². The molecule has 0 saturated heterocycles. The minimum Gasteiger partial charge on any atom is -0.0616 e. The second-order valence-electron chi connectivity index (χ2n) is 9.67. The van der Waals surface area contributed by atoms with Crippen LogP contribution in [0, 0.1) is 0 Å². The molecule has 7 aromatic rings. The summed E-state index contributed by atoms with van der Waals surface area (Å²) in [6.07, 6.45) is 0. The molecule has 0 fully saturated rings. The van der Waals surface area contributed by atoms with Gasteiger partial charge in [0.05, 0.1) is 0 Å². The first-order valence-corrected chi connectivity index (χ1v) is 12.3. The summed E-state index contributed by atoms with van der Waals surface area (Å²) in [6.45, 7) is 0. The van der Waals surface area contributed by atoms with Crippen LogP contribution in [-0.2, 0) is 0 Å². The Morgan fingerprint density at radius 1 is 0.343 bits per heavy atom. The van der Waals surface area contributed by atoms with Crippen LogP contribution in [-0.4, -0.2) is 0 Å². The van der Waals surface area contributed by atoms with Gasteiger partial charge in [-0.3, -0.25) is 0 Å². The third kappa shape index (κ3) is 2.57. The van der Waals surface area contributed by atoms with Crippen LogP contribution in [0.1, 0.15) is 22.6 Å². The molecular formula is C35H22. The van der Waals surface area contributed by atoms with Crippen LogP contribution >= 0.6 is 0 Å². The Morgan fingerprint density at radius 2 is 0.743 bits per heavy atom. The second-order valence-corrected chi connectivity index (χ2v) is 9.67. The smallest absolute Gasteiger partial charge is 0.0365 e. The van der Waals surface area contributed by atoms with Gasteiger partial charge in [0.25, 0.3) is 0 Å². The van der Waals surface area contributed by atoms with E-state index in [2.05, 4.69) is 127 Å². The van der Waals surface area contributed by atoms with Crippen molar-refractivity contribution in [2.24, 2.45) is 0 Å². The molecule has 7 aromatic carbocycles. The highest BCUT2D eigenvalue weighted by Crippen LogP contribution is 2.55. The van der Waals surface area contributed by atoms with Crippen LogP contribution in [0.3, 0.4) is 0 Å². The van der Waals surface area contributed by atoms with Crippen molar-refractivity contribution < 1.29 is 0 Å². The predicted molar refractivity (Wildman–Crippen MR) is 149 cm³/mol. The van der Waals surface area contributed by atoms with E-state index in [9.17, 15) is 0 Å². The van der Waals surface area contributed by atoms with Crippen LogP contribution < -0.4 is 0 Å². The molecule has 0 amide bonds. The van der Waals surface area contributed by atoms with Crippen molar-refractivity contribution in [3.8, 4) is 11.1 Å². The van der Waals surface area contributed by atoms with Gasteiger partial charge in [0.2, 0.25) is 0 Å². The lowest BCUT2D eigenvalue weighted by atomic mass is 9.82. The van der Waals surface area contributed by atoms with Crippen molar-refractivity contribution in [1.29, 1.82) is 0 Å². The summed E-state index contributed by atoms with van der Waals surface area (Å²) in [5, 5.41) is 10.6. The molecule has 0 heterocycles. The predicted octanol–water partition coefficient (Wildman–Crippen LogP) is 9.46. The molecule has 1 aliphatic rings. The number of rotatable bonds is 1. The highest BCUT2D eigenvalue weighted by molar-refractivity contribution is 6.12. The molecule has 0 radical (unpaired) electrons. The van der Waals surface area contributed by atoms with Crippen LogP contribution in [0.25, 0.3) is 54.2 Å². The molecule has 1 aliphatic carbocycles. The lowest BCUT2D eigenvalue weighted by Gasteiger charge is -2.20. The van der Waals surface area contributed by atoms with Gasteiger partial charge in [0.1, 0.15) is 0 Å². The van der Waals surface area contributed by atoms with Gasteiger partial charge in [-0.15, -0.1) is 0 Å². The Bertz CT molecular complexity index is 1820. The molecule has 0 aliphatic heterocycles. The number of benzene rings is 7. The summed E-state index contributed by atoms with van der Waals surface area (Å²) in [5.74, 6) is 0.185. The molecule has 0 aromatic heterocycles. The van der Waals surface area contributed by atoms with Crippen molar-refractivity contribution in [1.82, 2.24) is 0 Å². The van der Waals surface area contributed by atoms with E-state index in [0.29, 0.717) is 0 Å². The van der Waals surface area contributed by atoms with Crippen molar-refractivity contribution in [2.45, 2.75) is 5.92 Å². The second kappa shape index (κ2) is 7.04. The zero-order valence-electron chi connectivity index (χ0n) is 19.2. The van der Waals surface area contributed by atoms with Crippen LogP contribution in [0.5, 0.6) is 0 Å². The molecule has 162 valence electrons. The molecule has 0 atom stereocenters. The molecule has 35 heavy (non-hydrogen) atoms. The van der Waals surface area contributed by atoms with Gasteiger partial charge in [-0.2, -0.15) is 0 Å². The van der Waals surface area contributed by atoms with Crippen molar-refractivity contribution in [3.63, 3.8) is 0 Å². The van der Waals surface area contributed by atoms with E-state index in [1.165, 1.54) is 70.9 Å². The fourth-order valence-electron chi connectivity index (χ4n) is 6.45. The molecule has 0 bridgehead atoms. The first-order valence-electron chi connectivity index (χ1n) is 12.3. The molecule has 0 heteroatoms. The SMILES string of the molecule is c1ccc2c3c(ccc2c1)C(c1c2ccccc2cc2ccccc12)c1ccc2ccccc2c1-3. The summed E-state index contributed by atoms with van der Waals surface area (Å²) in [7, 11) is 0. The first-order chi connectivity index (χ1) is 17.4. The number of fused-ring (bicyclic) bond motifs is 9. The summed E-state index contributed by atoms with van der Waals surface area (Å²) in [5.41, 5.74) is 7.05. The molecule has 0 nitrogen and oxygen atoms in total. The Kier molecular flexibility index (Phi) is 3.81. The van der Waals surface area contributed by atoms with E-state index in [1.807, 2.05) is 0 Å². The summed E-state index contributed by atoms with van der Waals surface area (Å²) in [6, 6.07) is 47.2. The summed E-state index contributed by atoms with van der Waals surface area (Å²) in [4.78, 5) is 0. The van der Waals surface area contributed by atoms with Gasteiger partial charge >= 0.3 is 0 Å². The van der Waals surface area contributed by atoms with Crippen LogP contribution in [0.15, 0.2) is 127 Å². The first kappa shape index (κ1) is 18.9. The third-order valence-electron chi connectivity index (χ3n) is 7.90. The lowest BCUT2D eigenvalue weighted by Crippen LogP contribution is -2.02. The number of hydrogen-bond donors (Lipinski definition) is 0. The average Bonchev–Trinajstić information content (AvgIpc) is 3.26. The quantitative estimate of drug-likeness (QED) is 0.222. The van der Waals surface area contributed by atoms with E-state index in [1.54, 1.807) is 0 Å². The fourth-order valence-corrected chi connectivity index (χ4v) is 6.45. The Hall–Kier alpha value is -4.42. The van der Waals surface area contributed by atoms with Gasteiger partial charge in [-0.25, -0.2) is 0 Å². The molecule has 8 rings (SSSR count). The minimum absolute atomic E-state index is 0.185. The Balaban J connectivity index is 1.60. The average molecular weight is 443 g/mol. The molecule has 0 spiro atoms. The van der Waals surface area contributed by atoms with Gasteiger partial charge in [0, 0.05) is 5.92 Å². The summed E-state index contributed by atoms with van der Waals surface area (Å²) >= 11 is 0. The Morgan fingerprint density at radius 3 is 1.23 bits per heavy atom. The van der Waals surface area contributed by atoms with Gasteiger partial charge < -0.3 is 0 Å². The van der Waals surface area contributed by atoms with Gasteiger partial charge in [-0.1, -0.05) is 121 Å². The maximum absolute atomic E-state index is 2.38. The van der Waals surface area contributed by atoms with E-state index < -0.39 is 0 Å². The van der Waals surface area contributed by atoms with Gasteiger partial charge in [-0.05, 0) is 77.0 Å². The molecule has 0 saturated carbocycles. The highest BCUT2D eigenvalue weighted by atomic mass is 14.4. The highest BCUT2D eigenvalue weighted by Gasteiger charge is 2.34. The fraction of sp³-hybridized carbons (Fsp3) is 0.0286. The molecular weight excluding hydrogens is 420 g/mol. The zero-order valence-corrected chi connectivity index (χ0v) is 19.2. The molecule has 0 N–H and O–H groups in total. The lowest BCUT2D eigenvalue weighted by molar-refractivity contribution is 1.04. The van der Waals surface area contributed by atoms with Crippen molar-refractivity contribution in [2.75, 3.05) is 0 Å². The third-order valence-corrected chi connectivity index (χ3v) is 7.90. The van der Waals surface area contributed by atoms with E-state index in [-0.39, 0.29) is 5.92 Å². The monoisotopic (exact) mass is 442 g/mol. The van der Waals surface area contributed by atoms with Crippen molar-refractivity contribution in [3.05, 3.63) is 144 Å². The largest absolute Gasteiger partial charge is 0.0616 e. The van der Waals surface area contributed by atoms with E-state index in [4.69, 9.17) is 0 Å².